The van der Waals surface area contributed by atoms with Gasteiger partial charge < -0.3 is 9.88 Å². The number of carbonyl (C=O) groups is 1. The highest BCUT2D eigenvalue weighted by Crippen LogP contribution is 2.20. The third kappa shape index (κ3) is 3.86. The van der Waals surface area contributed by atoms with Gasteiger partial charge in [0.1, 0.15) is 0 Å². The van der Waals surface area contributed by atoms with E-state index in [4.69, 9.17) is 0 Å². The highest BCUT2D eigenvalue weighted by molar-refractivity contribution is 5.91. The predicted molar refractivity (Wildman–Crippen MR) is 91.7 cm³/mol. The van der Waals surface area contributed by atoms with E-state index in [2.05, 4.69) is 29.4 Å². The molecule has 0 saturated heterocycles. The minimum Gasteiger partial charge on any atom is -0.326 e. The van der Waals surface area contributed by atoms with Crippen molar-refractivity contribution in [2.24, 2.45) is 0 Å². The maximum atomic E-state index is 12.2. The Labute approximate surface area is 135 Å². The van der Waals surface area contributed by atoms with E-state index in [9.17, 15) is 4.79 Å². The van der Waals surface area contributed by atoms with Crippen LogP contribution in [0.15, 0.2) is 73.3 Å². The van der Waals surface area contributed by atoms with Gasteiger partial charge in [0.2, 0.25) is 5.91 Å². The fraction of sp³-hybridized carbons (Fsp3) is 0.158. The summed E-state index contributed by atoms with van der Waals surface area (Å²) >= 11 is 0. The molecule has 4 heteroatoms. The van der Waals surface area contributed by atoms with Gasteiger partial charge in [0.05, 0.1) is 6.33 Å². The molecule has 0 radical (unpaired) electrons. The minimum absolute atomic E-state index is 0.0248. The molecule has 3 rings (SSSR count). The number of amides is 1. The van der Waals surface area contributed by atoms with Crippen molar-refractivity contribution in [2.75, 3.05) is 5.32 Å². The number of imidazole rings is 1. The van der Waals surface area contributed by atoms with E-state index in [1.165, 1.54) is 5.56 Å². The number of rotatable bonds is 5. The first kappa shape index (κ1) is 15.0. The number of nitrogens with zero attached hydrogens (tertiary/aromatic N) is 2. The van der Waals surface area contributed by atoms with E-state index < -0.39 is 0 Å². The lowest BCUT2D eigenvalue weighted by molar-refractivity contribution is -0.116. The van der Waals surface area contributed by atoms with Crippen LogP contribution in [0, 0.1) is 0 Å². The van der Waals surface area contributed by atoms with Crippen LogP contribution in [-0.4, -0.2) is 15.5 Å². The van der Waals surface area contributed by atoms with Gasteiger partial charge in [-0.25, -0.2) is 4.98 Å². The maximum absolute atomic E-state index is 12.2. The number of benzene rings is 2. The van der Waals surface area contributed by atoms with Crippen molar-refractivity contribution in [1.82, 2.24) is 9.55 Å². The highest BCUT2D eigenvalue weighted by atomic mass is 16.1. The van der Waals surface area contributed by atoms with Crippen LogP contribution in [0.2, 0.25) is 0 Å². The van der Waals surface area contributed by atoms with E-state index in [0.717, 1.165) is 11.4 Å². The summed E-state index contributed by atoms with van der Waals surface area (Å²) in [6, 6.07) is 17.8. The smallest absolute Gasteiger partial charge is 0.224 e. The van der Waals surface area contributed by atoms with Gasteiger partial charge in [-0.15, -0.1) is 0 Å². The van der Waals surface area contributed by atoms with Gasteiger partial charge in [-0.05, 0) is 35.7 Å². The van der Waals surface area contributed by atoms with Crippen molar-refractivity contribution < 1.29 is 4.79 Å². The number of carbonyl (C=O) groups excluding carboxylic acids is 1. The fourth-order valence-corrected chi connectivity index (χ4v) is 2.52. The van der Waals surface area contributed by atoms with Gasteiger partial charge in [-0.3, -0.25) is 4.79 Å². The number of hydrogen-bond acceptors (Lipinski definition) is 2. The van der Waals surface area contributed by atoms with E-state index in [1.807, 2.05) is 53.2 Å². The fourth-order valence-electron chi connectivity index (χ4n) is 2.52. The molecule has 0 aliphatic carbocycles. The van der Waals surface area contributed by atoms with Crippen molar-refractivity contribution in [1.29, 1.82) is 0 Å². The zero-order valence-corrected chi connectivity index (χ0v) is 13.0. The van der Waals surface area contributed by atoms with Crippen molar-refractivity contribution in [3.05, 3.63) is 78.9 Å². The van der Waals surface area contributed by atoms with Gasteiger partial charge in [-0.2, -0.15) is 0 Å². The Balaban J connectivity index is 1.60. The Morgan fingerprint density at radius 3 is 2.52 bits per heavy atom. The number of hydrogen-bond donors (Lipinski definition) is 1. The average molecular weight is 305 g/mol. The Kier molecular flexibility index (Phi) is 4.52. The molecule has 1 heterocycles. The topological polar surface area (TPSA) is 46.9 Å². The van der Waals surface area contributed by atoms with E-state index in [-0.39, 0.29) is 11.8 Å². The Bertz CT molecular complexity index is 749. The van der Waals surface area contributed by atoms with Crippen molar-refractivity contribution in [2.45, 2.75) is 19.3 Å². The minimum atomic E-state index is 0.0248. The first-order valence-electron chi connectivity index (χ1n) is 7.65. The zero-order chi connectivity index (χ0) is 16.1. The summed E-state index contributed by atoms with van der Waals surface area (Å²) in [7, 11) is 0. The largest absolute Gasteiger partial charge is 0.326 e. The molecule has 0 fully saturated rings. The number of aromatic nitrogens is 2. The van der Waals surface area contributed by atoms with E-state index in [0.29, 0.717) is 6.42 Å². The quantitative estimate of drug-likeness (QED) is 0.774. The maximum Gasteiger partial charge on any atom is 0.224 e. The Hall–Kier alpha value is -2.88. The van der Waals surface area contributed by atoms with Crippen LogP contribution < -0.4 is 5.32 Å². The molecule has 1 N–H and O–H groups in total. The molecule has 23 heavy (non-hydrogen) atoms. The Morgan fingerprint density at radius 1 is 1.13 bits per heavy atom. The van der Waals surface area contributed by atoms with Crippen LogP contribution >= 0.6 is 0 Å². The van der Waals surface area contributed by atoms with Crippen molar-refractivity contribution in [3.8, 4) is 5.69 Å². The summed E-state index contributed by atoms with van der Waals surface area (Å²) in [5.41, 5.74) is 3.00. The third-order valence-electron chi connectivity index (χ3n) is 3.81. The van der Waals surface area contributed by atoms with Crippen LogP contribution in [0.5, 0.6) is 0 Å². The lowest BCUT2D eigenvalue weighted by Crippen LogP contribution is -2.14. The van der Waals surface area contributed by atoms with Crippen LogP contribution in [0.25, 0.3) is 5.69 Å². The summed E-state index contributed by atoms with van der Waals surface area (Å²) in [5, 5.41) is 2.95. The first-order chi connectivity index (χ1) is 11.2. The normalized spacial score (nSPS) is 11.9. The summed E-state index contributed by atoms with van der Waals surface area (Å²) in [5.74, 6) is 0.221. The lowest BCUT2D eigenvalue weighted by Gasteiger charge is -2.12. The second kappa shape index (κ2) is 6.92. The molecule has 1 atom stereocenters. The lowest BCUT2D eigenvalue weighted by atomic mass is 9.97. The number of anilines is 1. The van der Waals surface area contributed by atoms with Crippen LogP contribution in [0.1, 0.15) is 24.8 Å². The molecule has 1 aromatic heterocycles. The van der Waals surface area contributed by atoms with Gasteiger partial charge in [0.25, 0.3) is 0 Å². The summed E-state index contributed by atoms with van der Waals surface area (Å²) in [6.45, 7) is 2.07. The first-order valence-corrected chi connectivity index (χ1v) is 7.65. The van der Waals surface area contributed by atoms with Crippen LogP contribution in [-0.2, 0) is 4.79 Å². The molecule has 1 amide bonds. The average Bonchev–Trinajstić information content (AvgIpc) is 3.11. The van der Waals surface area contributed by atoms with E-state index >= 15 is 0 Å². The third-order valence-corrected chi connectivity index (χ3v) is 3.81. The number of nitrogens with one attached hydrogen (secondary N) is 1. The molecule has 0 saturated carbocycles. The van der Waals surface area contributed by atoms with Crippen molar-refractivity contribution >= 4 is 11.6 Å². The van der Waals surface area contributed by atoms with Gasteiger partial charge >= 0.3 is 0 Å². The molecule has 0 spiro atoms. The molecule has 116 valence electrons. The molecular formula is C19H19N3O. The SMILES string of the molecule is CC(CC(=O)Nc1ccc(-n2ccnc2)cc1)c1ccccc1. The molecule has 1 unspecified atom stereocenters. The van der Waals surface area contributed by atoms with E-state index in [1.54, 1.807) is 12.5 Å². The highest BCUT2D eigenvalue weighted by Gasteiger charge is 2.11. The zero-order valence-electron chi connectivity index (χ0n) is 13.0. The molecule has 4 nitrogen and oxygen atoms in total. The molecular weight excluding hydrogens is 286 g/mol. The molecule has 0 aliphatic heterocycles. The summed E-state index contributed by atoms with van der Waals surface area (Å²) in [6.07, 6.45) is 5.83. The van der Waals surface area contributed by atoms with Crippen LogP contribution in [0.3, 0.4) is 0 Å². The second-order valence-corrected chi connectivity index (χ2v) is 5.58. The second-order valence-electron chi connectivity index (χ2n) is 5.58. The van der Waals surface area contributed by atoms with Crippen LogP contribution in [0.4, 0.5) is 5.69 Å². The van der Waals surface area contributed by atoms with Crippen molar-refractivity contribution in [3.63, 3.8) is 0 Å². The summed E-state index contributed by atoms with van der Waals surface area (Å²) < 4.78 is 1.92. The van der Waals surface area contributed by atoms with Gasteiger partial charge in [0, 0.05) is 30.2 Å². The standard InChI is InChI=1S/C19H19N3O/c1-15(16-5-3-2-4-6-16)13-19(23)21-17-7-9-18(10-8-17)22-12-11-20-14-22/h2-12,14-15H,13H2,1H3,(H,21,23). The van der Waals surface area contributed by atoms with Gasteiger partial charge in [-0.1, -0.05) is 37.3 Å². The molecule has 2 aromatic carbocycles. The molecule has 0 bridgehead atoms. The Morgan fingerprint density at radius 2 is 1.87 bits per heavy atom. The van der Waals surface area contributed by atoms with Gasteiger partial charge in [0.15, 0.2) is 0 Å². The predicted octanol–water partition coefficient (Wildman–Crippen LogP) is 4.00. The molecule has 0 aliphatic rings. The molecule has 3 aromatic rings. The monoisotopic (exact) mass is 305 g/mol. The summed E-state index contributed by atoms with van der Waals surface area (Å²) in [4.78, 5) is 16.2.